The monoisotopic (exact) mass is 281 g/mol. The topological polar surface area (TPSA) is 0 Å². The largest absolute Gasteiger partial charge is 2.00 e. The Balaban J connectivity index is 0. The zero-order chi connectivity index (χ0) is 0. The van der Waals surface area contributed by atoms with Gasteiger partial charge in [-0.1, -0.05) is 0 Å². The first-order valence-electron chi connectivity index (χ1n) is 0. The van der Waals surface area contributed by atoms with E-state index in [4.69, 9.17) is 0 Å². The third kappa shape index (κ3) is 9.30. The average molecular weight is 281 g/mol. The van der Waals surface area contributed by atoms with Crippen LogP contribution in [0.3, 0.4) is 0 Å². The van der Waals surface area contributed by atoms with E-state index in [2.05, 4.69) is 0 Å². The zero-order valence-electron chi connectivity index (χ0n) is 6.15. The van der Waals surface area contributed by atoms with Crippen molar-refractivity contribution in [3.8, 4) is 0 Å². The molecule has 0 aliphatic heterocycles. The van der Waals surface area contributed by atoms with E-state index in [9.17, 15) is 0 Å². The van der Waals surface area contributed by atoms with E-state index < -0.39 is 0 Å². The SMILES string of the molecule is [Ca+2].[Gd].[H-].[H-].[H-].[H-].[Mg+2].[Mn]. The molecule has 0 unspecified atom stereocenters. The molecule has 0 aromatic heterocycles. The van der Waals surface area contributed by atoms with Crippen molar-refractivity contribution in [1.29, 1.82) is 0 Å². The molecule has 0 aromatic carbocycles. The molecule has 0 bridgehead atoms. The second kappa shape index (κ2) is 15.8. The molecule has 0 saturated heterocycles. The molecule has 4 heavy (non-hydrogen) atoms. The van der Waals surface area contributed by atoms with Gasteiger partial charge < -0.3 is 5.71 Å². The number of rotatable bonds is 0. The van der Waals surface area contributed by atoms with Crippen molar-refractivity contribution < 1.29 is 62.7 Å². The van der Waals surface area contributed by atoms with Crippen LogP contribution in [0.5, 0.6) is 0 Å². The van der Waals surface area contributed by atoms with Gasteiger partial charge in [-0.05, 0) is 0 Å². The average Bonchev–Trinajstić information content (AvgIpc) is 0. The predicted octanol–water partition coefficient (Wildman–Crippen LogP) is -0.314. The summed E-state index contributed by atoms with van der Waals surface area (Å²) in [6, 6.07) is 0. The van der Waals surface area contributed by atoms with Crippen LogP contribution in [0.2, 0.25) is 0 Å². The predicted molar refractivity (Wildman–Crippen MR) is 16.0 cm³/mol. The summed E-state index contributed by atoms with van der Waals surface area (Å²) in [5, 5.41) is 0. The van der Waals surface area contributed by atoms with Crippen molar-refractivity contribution in [1.82, 2.24) is 0 Å². The maximum absolute atomic E-state index is 0. The van der Waals surface area contributed by atoms with Crippen LogP contribution in [0.15, 0.2) is 0 Å². The third-order valence-corrected chi connectivity index (χ3v) is 0. The third-order valence-electron chi connectivity index (χ3n) is 0. The van der Waals surface area contributed by atoms with Crippen molar-refractivity contribution in [3.05, 3.63) is 0 Å². The van der Waals surface area contributed by atoms with Gasteiger partial charge in [-0.15, -0.1) is 0 Å². The van der Waals surface area contributed by atoms with E-state index >= 15 is 0 Å². The summed E-state index contributed by atoms with van der Waals surface area (Å²) in [5.74, 6) is 0. The van der Waals surface area contributed by atoms with Crippen molar-refractivity contribution >= 4 is 60.8 Å². The van der Waals surface area contributed by atoms with Crippen LogP contribution in [0.4, 0.5) is 0 Å². The Morgan fingerprint density at radius 3 is 1.25 bits per heavy atom. The van der Waals surface area contributed by atoms with E-state index in [1.807, 2.05) is 0 Å². The van der Waals surface area contributed by atoms with E-state index in [-0.39, 0.29) is 124 Å². The normalized spacial score (nSPS) is 0. The van der Waals surface area contributed by atoms with Gasteiger partial charge in [0, 0.05) is 57.0 Å². The molecule has 23 valence electrons. The second-order valence-electron chi connectivity index (χ2n) is 0. The molecule has 4 heteroatoms. The van der Waals surface area contributed by atoms with E-state index in [1.54, 1.807) is 0 Å². The minimum Gasteiger partial charge on any atom is -1.00 e. The van der Waals surface area contributed by atoms with Gasteiger partial charge in [-0.25, -0.2) is 0 Å². The Labute approximate surface area is 120 Å². The van der Waals surface area contributed by atoms with Crippen molar-refractivity contribution in [2.45, 2.75) is 0 Å². The van der Waals surface area contributed by atoms with Crippen molar-refractivity contribution in [2.24, 2.45) is 0 Å². The van der Waals surface area contributed by atoms with Gasteiger partial charge in [0.25, 0.3) is 0 Å². The van der Waals surface area contributed by atoms with Crippen LogP contribution in [-0.4, -0.2) is 60.8 Å². The maximum atomic E-state index is 0. The minimum atomic E-state index is 0. The first-order valence-corrected chi connectivity index (χ1v) is 0. The smallest absolute Gasteiger partial charge is 1.00 e. The molecular weight excluding hydrogens is 277 g/mol. The molecule has 0 heterocycles. The quantitative estimate of drug-likeness (QED) is 0.534. The standard InChI is InChI=1S/Ca.Gd.Mg.Mn.4H/q+2;;+2;;4*-1. The van der Waals surface area contributed by atoms with Gasteiger partial charge in [-0.2, -0.15) is 0 Å². The van der Waals surface area contributed by atoms with Gasteiger partial charge in [0.2, 0.25) is 0 Å². The summed E-state index contributed by atoms with van der Waals surface area (Å²) in [7, 11) is 0. The van der Waals surface area contributed by atoms with Crippen LogP contribution in [-0.2, 0) is 17.1 Å². The molecule has 1 radical (unpaired) electrons. The summed E-state index contributed by atoms with van der Waals surface area (Å²) >= 11 is 0. The second-order valence-corrected chi connectivity index (χ2v) is 0. The van der Waals surface area contributed by atoms with Crippen LogP contribution in [0.1, 0.15) is 5.71 Å². The van der Waals surface area contributed by atoms with Crippen LogP contribution < -0.4 is 0 Å². The van der Waals surface area contributed by atoms with Crippen LogP contribution >= 0.6 is 0 Å². The Hall–Kier alpha value is 3.87. The Kier molecular flexibility index (Phi) is 98.0. The maximum Gasteiger partial charge on any atom is 2.00 e. The number of hydrogen-bond donors (Lipinski definition) is 0. The molecule has 0 spiro atoms. The molecule has 0 rings (SSSR count). The number of hydrogen-bond acceptors (Lipinski definition) is 0. The first-order chi connectivity index (χ1) is 0. The molecule has 0 aliphatic rings. The summed E-state index contributed by atoms with van der Waals surface area (Å²) in [5.41, 5.74) is 0. The summed E-state index contributed by atoms with van der Waals surface area (Å²) in [6.07, 6.45) is 0. The molecule has 0 nitrogen and oxygen atoms in total. The zero-order valence-corrected chi connectivity index (χ0v) is 9.22. The first kappa shape index (κ1) is 24.8. The minimum absolute atomic E-state index is 0. The molecule has 0 aromatic rings. The van der Waals surface area contributed by atoms with E-state index in [0.29, 0.717) is 0 Å². The van der Waals surface area contributed by atoms with E-state index in [0.717, 1.165) is 0 Å². The summed E-state index contributed by atoms with van der Waals surface area (Å²) in [4.78, 5) is 0. The Morgan fingerprint density at radius 1 is 1.25 bits per heavy atom. The molecule has 0 atom stereocenters. The molecule has 0 aliphatic carbocycles. The van der Waals surface area contributed by atoms with Gasteiger partial charge in [0.1, 0.15) is 0 Å². The summed E-state index contributed by atoms with van der Waals surface area (Å²) < 4.78 is 0. The summed E-state index contributed by atoms with van der Waals surface area (Å²) in [6.45, 7) is 0. The van der Waals surface area contributed by atoms with Gasteiger partial charge in [0.15, 0.2) is 0 Å². The fraction of sp³-hybridized carbons (Fsp3) is 0. The van der Waals surface area contributed by atoms with Crippen molar-refractivity contribution in [3.63, 3.8) is 0 Å². The van der Waals surface area contributed by atoms with E-state index in [1.165, 1.54) is 0 Å². The molecular formula is H4CaGdMgMn. The molecule has 0 N–H and O–H groups in total. The molecule has 0 fully saturated rings. The van der Waals surface area contributed by atoms with Gasteiger partial charge in [-0.3, -0.25) is 0 Å². The van der Waals surface area contributed by atoms with Gasteiger partial charge in [0.05, 0.1) is 0 Å². The fourth-order valence-electron chi connectivity index (χ4n) is 0. The molecule has 0 saturated carbocycles. The Bertz CT molecular complexity index is 16.0. The van der Waals surface area contributed by atoms with Crippen LogP contribution in [0, 0.1) is 39.9 Å². The Morgan fingerprint density at radius 2 is 1.25 bits per heavy atom. The van der Waals surface area contributed by atoms with Crippen molar-refractivity contribution in [2.75, 3.05) is 0 Å². The van der Waals surface area contributed by atoms with Crippen LogP contribution in [0.25, 0.3) is 0 Å². The van der Waals surface area contributed by atoms with Gasteiger partial charge >= 0.3 is 60.8 Å². The molecule has 0 amide bonds. The fourth-order valence-corrected chi connectivity index (χ4v) is 0.